The summed E-state index contributed by atoms with van der Waals surface area (Å²) in [6, 6.07) is 5.66. The highest BCUT2D eigenvalue weighted by Gasteiger charge is 2.07. The zero-order chi connectivity index (χ0) is 16.1. The molecule has 0 aliphatic heterocycles. The van der Waals surface area contributed by atoms with Crippen molar-refractivity contribution in [2.24, 2.45) is 5.10 Å². The van der Waals surface area contributed by atoms with Gasteiger partial charge in [0.1, 0.15) is 0 Å². The zero-order valence-electron chi connectivity index (χ0n) is 13.2. The van der Waals surface area contributed by atoms with Crippen LogP contribution in [-0.2, 0) is 6.42 Å². The normalized spacial score (nSPS) is 11.3. The molecule has 7 heteroatoms. The van der Waals surface area contributed by atoms with Gasteiger partial charge >= 0.3 is 0 Å². The first kappa shape index (κ1) is 16.2. The maximum atomic E-state index is 5.69. The average molecular weight is 320 g/mol. The number of benzene rings is 1. The Labute approximate surface area is 134 Å². The summed E-state index contributed by atoms with van der Waals surface area (Å²) in [7, 11) is 1.62. The van der Waals surface area contributed by atoms with Crippen LogP contribution in [0.2, 0.25) is 0 Å². The maximum Gasteiger partial charge on any atom is 0.216 e. The molecule has 1 aromatic heterocycles. The van der Waals surface area contributed by atoms with Crippen molar-refractivity contribution in [1.29, 1.82) is 0 Å². The molecule has 0 spiro atoms. The van der Waals surface area contributed by atoms with Gasteiger partial charge < -0.3 is 9.47 Å². The van der Waals surface area contributed by atoms with E-state index in [1.54, 1.807) is 18.0 Å². The van der Waals surface area contributed by atoms with Gasteiger partial charge in [0.15, 0.2) is 17.3 Å². The molecule has 2 aromatic rings. The number of H-pyrrole nitrogens is 1. The Morgan fingerprint density at radius 3 is 2.82 bits per heavy atom. The van der Waals surface area contributed by atoms with Gasteiger partial charge in [-0.3, -0.25) is 5.10 Å². The summed E-state index contributed by atoms with van der Waals surface area (Å²) >= 11 is 5.16. The highest BCUT2D eigenvalue weighted by molar-refractivity contribution is 7.71. The zero-order valence-corrected chi connectivity index (χ0v) is 14.0. The molecule has 0 bridgehead atoms. The van der Waals surface area contributed by atoms with E-state index in [1.165, 1.54) is 0 Å². The van der Waals surface area contributed by atoms with Crippen molar-refractivity contribution in [3.8, 4) is 11.5 Å². The molecule has 1 N–H and O–H groups in total. The largest absolute Gasteiger partial charge is 0.493 e. The number of nitrogens with zero attached hydrogens (tertiary/aromatic N) is 3. The van der Waals surface area contributed by atoms with Crippen molar-refractivity contribution in [1.82, 2.24) is 14.9 Å². The topological polar surface area (TPSA) is 64.4 Å². The fourth-order valence-electron chi connectivity index (χ4n) is 1.91. The Balaban J connectivity index is 2.28. The van der Waals surface area contributed by atoms with E-state index in [0.717, 1.165) is 17.8 Å². The van der Waals surface area contributed by atoms with Crippen LogP contribution < -0.4 is 9.47 Å². The van der Waals surface area contributed by atoms with Crippen molar-refractivity contribution in [2.75, 3.05) is 7.11 Å². The SMILES string of the molecule is CCc1n[nH]c(=S)n1/N=C\c1ccc(OC(C)C)c(OC)c1. The summed E-state index contributed by atoms with van der Waals surface area (Å²) < 4.78 is 13.1. The molecule has 22 heavy (non-hydrogen) atoms. The number of aryl methyl sites for hydroxylation is 1. The van der Waals surface area contributed by atoms with Crippen LogP contribution in [0.3, 0.4) is 0 Å². The Bertz CT molecular complexity index is 719. The van der Waals surface area contributed by atoms with Gasteiger partial charge in [-0.25, -0.2) is 0 Å². The van der Waals surface area contributed by atoms with E-state index in [0.29, 0.717) is 16.3 Å². The Morgan fingerprint density at radius 2 is 2.18 bits per heavy atom. The Hall–Kier alpha value is -2.15. The lowest BCUT2D eigenvalue weighted by Gasteiger charge is -2.13. The molecule has 0 aliphatic rings. The van der Waals surface area contributed by atoms with E-state index in [1.807, 2.05) is 39.0 Å². The number of rotatable bonds is 6. The lowest BCUT2D eigenvalue weighted by atomic mass is 10.2. The predicted molar refractivity (Wildman–Crippen MR) is 88.5 cm³/mol. The van der Waals surface area contributed by atoms with Gasteiger partial charge in [0.05, 0.1) is 19.4 Å². The lowest BCUT2D eigenvalue weighted by molar-refractivity contribution is 0.230. The molecule has 0 radical (unpaired) electrons. The number of hydrogen-bond acceptors (Lipinski definition) is 5. The van der Waals surface area contributed by atoms with Gasteiger partial charge in [0.2, 0.25) is 4.77 Å². The summed E-state index contributed by atoms with van der Waals surface area (Å²) in [5.74, 6) is 2.17. The van der Waals surface area contributed by atoms with E-state index >= 15 is 0 Å². The van der Waals surface area contributed by atoms with E-state index in [9.17, 15) is 0 Å². The molecule has 0 fully saturated rings. The number of nitrogens with one attached hydrogen (secondary N) is 1. The first-order valence-corrected chi connectivity index (χ1v) is 7.51. The second kappa shape index (κ2) is 7.22. The first-order chi connectivity index (χ1) is 10.5. The summed E-state index contributed by atoms with van der Waals surface area (Å²) in [4.78, 5) is 0. The summed E-state index contributed by atoms with van der Waals surface area (Å²) in [5, 5.41) is 11.2. The summed E-state index contributed by atoms with van der Waals surface area (Å²) in [5.41, 5.74) is 0.887. The maximum absolute atomic E-state index is 5.69. The molecule has 1 aromatic carbocycles. The Morgan fingerprint density at radius 1 is 1.41 bits per heavy atom. The van der Waals surface area contributed by atoms with Gasteiger partial charge in [0.25, 0.3) is 0 Å². The number of ether oxygens (including phenoxy) is 2. The number of hydrogen-bond donors (Lipinski definition) is 1. The molecule has 2 rings (SSSR count). The summed E-state index contributed by atoms with van der Waals surface area (Å²) in [6.07, 6.45) is 2.55. The molecule has 0 saturated heterocycles. The highest BCUT2D eigenvalue weighted by atomic mass is 32.1. The molecule has 0 unspecified atom stereocenters. The third kappa shape index (κ3) is 3.73. The van der Waals surface area contributed by atoms with Crippen LogP contribution in [0.25, 0.3) is 0 Å². The molecule has 6 nitrogen and oxygen atoms in total. The van der Waals surface area contributed by atoms with E-state index in [-0.39, 0.29) is 6.10 Å². The van der Waals surface area contributed by atoms with Gasteiger partial charge in [-0.05, 0) is 49.8 Å². The van der Waals surface area contributed by atoms with Crippen LogP contribution in [0.4, 0.5) is 0 Å². The molecule has 1 heterocycles. The average Bonchev–Trinajstić information content (AvgIpc) is 2.86. The summed E-state index contributed by atoms with van der Waals surface area (Å²) in [6.45, 7) is 5.95. The second-order valence-electron chi connectivity index (χ2n) is 4.93. The quantitative estimate of drug-likeness (QED) is 0.656. The number of aromatic nitrogens is 3. The third-order valence-electron chi connectivity index (χ3n) is 2.91. The molecule has 0 saturated carbocycles. The highest BCUT2D eigenvalue weighted by Crippen LogP contribution is 2.28. The predicted octanol–water partition coefficient (Wildman–Crippen LogP) is 3.18. The van der Waals surface area contributed by atoms with E-state index in [4.69, 9.17) is 21.7 Å². The van der Waals surface area contributed by atoms with E-state index < -0.39 is 0 Å². The van der Waals surface area contributed by atoms with Gasteiger partial charge in [-0.2, -0.15) is 14.9 Å². The van der Waals surface area contributed by atoms with Crippen LogP contribution >= 0.6 is 12.2 Å². The third-order valence-corrected chi connectivity index (χ3v) is 3.17. The standard InChI is InChI=1S/C15H20N4O2S/c1-5-14-17-18-15(22)19(14)16-9-11-6-7-12(21-10(2)3)13(8-11)20-4/h6-10H,5H2,1-4H3,(H,18,22)/b16-9-. The second-order valence-corrected chi connectivity index (χ2v) is 5.32. The molecule has 0 amide bonds. The van der Waals surface area contributed by atoms with Crippen molar-refractivity contribution in [2.45, 2.75) is 33.3 Å². The monoisotopic (exact) mass is 320 g/mol. The van der Waals surface area contributed by atoms with Crippen molar-refractivity contribution < 1.29 is 9.47 Å². The van der Waals surface area contributed by atoms with Crippen LogP contribution in [0, 0.1) is 4.77 Å². The van der Waals surface area contributed by atoms with Crippen molar-refractivity contribution in [3.63, 3.8) is 0 Å². The van der Waals surface area contributed by atoms with Gasteiger partial charge in [0, 0.05) is 6.42 Å². The van der Waals surface area contributed by atoms with E-state index in [2.05, 4.69) is 15.3 Å². The Kier molecular flexibility index (Phi) is 5.32. The van der Waals surface area contributed by atoms with Crippen LogP contribution in [0.1, 0.15) is 32.2 Å². The minimum Gasteiger partial charge on any atom is -0.493 e. The fraction of sp³-hybridized carbons (Fsp3) is 0.400. The minimum atomic E-state index is 0.0878. The first-order valence-electron chi connectivity index (χ1n) is 7.10. The minimum absolute atomic E-state index is 0.0878. The fourth-order valence-corrected chi connectivity index (χ4v) is 2.11. The van der Waals surface area contributed by atoms with Gasteiger partial charge in [-0.15, -0.1) is 0 Å². The van der Waals surface area contributed by atoms with Gasteiger partial charge in [-0.1, -0.05) is 6.92 Å². The van der Waals surface area contributed by atoms with Crippen LogP contribution in [-0.4, -0.2) is 34.3 Å². The van der Waals surface area contributed by atoms with Crippen molar-refractivity contribution in [3.05, 3.63) is 34.4 Å². The van der Waals surface area contributed by atoms with Crippen LogP contribution in [0.5, 0.6) is 11.5 Å². The molecule has 118 valence electrons. The number of aromatic amines is 1. The smallest absolute Gasteiger partial charge is 0.216 e. The van der Waals surface area contributed by atoms with Crippen molar-refractivity contribution >= 4 is 18.4 Å². The lowest BCUT2D eigenvalue weighted by Crippen LogP contribution is -2.06. The molecular weight excluding hydrogens is 300 g/mol. The molecule has 0 aliphatic carbocycles. The van der Waals surface area contributed by atoms with Crippen LogP contribution in [0.15, 0.2) is 23.3 Å². The number of methoxy groups -OCH3 is 1. The molecule has 0 atom stereocenters. The molecular formula is C15H20N4O2S.